The second-order valence-corrected chi connectivity index (χ2v) is 5.22. The summed E-state index contributed by atoms with van der Waals surface area (Å²) in [4.78, 5) is 4.44. The molecule has 1 aliphatic rings. The summed E-state index contributed by atoms with van der Waals surface area (Å²) in [5.74, 6) is 0. The summed E-state index contributed by atoms with van der Waals surface area (Å²) >= 11 is 1.79. The lowest BCUT2D eigenvalue weighted by Gasteiger charge is -2.10. The van der Waals surface area contributed by atoms with Gasteiger partial charge >= 0.3 is 0 Å². The smallest absolute Gasteiger partial charge is 0.161 e. The van der Waals surface area contributed by atoms with E-state index in [1.165, 1.54) is 0 Å². The zero-order chi connectivity index (χ0) is 11.4. The van der Waals surface area contributed by atoms with E-state index in [4.69, 9.17) is 4.74 Å². The minimum Gasteiger partial charge on any atom is -0.380 e. The molecule has 4 heteroatoms. The lowest BCUT2D eigenvalue weighted by atomic mass is 10.2. The van der Waals surface area contributed by atoms with E-state index in [0.29, 0.717) is 11.9 Å². The Hall–Kier alpha value is -1.000. The zero-order valence-corrected chi connectivity index (χ0v) is 10.4. The second kappa shape index (κ2) is 5.37. The quantitative estimate of drug-likeness (QED) is 0.876. The highest BCUT2D eigenvalue weighted by Gasteiger charge is 2.15. The van der Waals surface area contributed by atoms with E-state index in [2.05, 4.69) is 29.4 Å². The molecule has 0 fully saturated rings. The number of benzene rings is 1. The molecule has 1 aliphatic heterocycles. The number of thioether (sulfide) groups is 1. The van der Waals surface area contributed by atoms with E-state index in [1.54, 1.807) is 18.9 Å². The Kier molecular flexibility index (Phi) is 3.85. The molecule has 1 aromatic carbocycles. The minimum atomic E-state index is 0.581. The second-order valence-electron chi connectivity index (χ2n) is 3.79. The van der Waals surface area contributed by atoms with Crippen molar-refractivity contribution in [2.75, 3.05) is 19.0 Å². The van der Waals surface area contributed by atoms with Gasteiger partial charge in [0.1, 0.15) is 0 Å². The molecule has 0 aliphatic carbocycles. The van der Waals surface area contributed by atoms with E-state index in [-0.39, 0.29) is 0 Å². The topological polar surface area (TPSA) is 33.6 Å². The van der Waals surface area contributed by atoms with Crippen molar-refractivity contribution in [3.63, 3.8) is 0 Å². The first-order valence-corrected chi connectivity index (χ1v) is 6.22. The summed E-state index contributed by atoms with van der Waals surface area (Å²) < 4.78 is 5.17. The molecule has 0 amide bonds. The van der Waals surface area contributed by atoms with Crippen molar-refractivity contribution in [1.29, 1.82) is 0 Å². The fourth-order valence-corrected chi connectivity index (χ4v) is 2.43. The number of anilines is 1. The summed E-state index contributed by atoms with van der Waals surface area (Å²) in [7, 11) is 1.71. The SMILES string of the molecule is COCc1ccccc1NC1=NCC(C)S1. The van der Waals surface area contributed by atoms with Crippen LogP contribution in [0.5, 0.6) is 0 Å². The van der Waals surface area contributed by atoms with Crippen molar-refractivity contribution in [3.05, 3.63) is 29.8 Å². The monoisotopic (exact) mass is 236 g/mol. The first kappa shape index (κ1) is 11.5. The molecule has 0 spiro atoms. The number of hydrogen-bond donors (Lipinski definition) is 1. The molecular weight excluding hydrogens is 220 g/mol. The zero-order valence-electron chi connectivity index (χ0n) is 9.56. The number of rotatable bonds is 3. The maximum absolute atomic E-state index is 5.17. The van der Waals surface area contributed by atoms with Crippen molar-refractivity contribution in [2.45, 2.75) is 18.8 Å². The molecule has 1 unspecified atom stereocenters. The molecule has 0 radical (unpaired) electrons. The van der Waals surface area contributed by atoms with E-state index < -0.39 is 0 Å². The van der Waals surface area contributed by atoms with Crippen LogP contribution in [-0.4, -0.2) is 24.1 Å². The largest absolute Gasteiger partial charge is 0.380 e. The van der Waals surface area contributed by atoms with Gasteiger partial charge in [0.25, 0.3) is 0 Å². The molecule has 1 aromatic rings. The summed E-state index contributed by atoms with van der Waals surface area (Å²) in [6, 6.07) is 8.16. The Morgan fingerprint density at radius 2 is 2.31 bits per heavy atom. The molecule has 86 valence electrons. The number of ether oxygens (including phenoxy) is 1. The molecule has 0 saturated carbocycles. The van der Waals surface area contributed by atoms with E-state index in [9.17, 15) is 0 Å². The Bertz CT molecular complexity index is 392. The number of nitrogens with zero attached hydrogens (tertiary/aromatic N) is 1. The van der Waals surface area contributed by atoms with Crippen LogP contribution >= 0.6 is 11.8 Å². The van der Waals surface area contributed by atoms with Crippen LogP contribution in [0.2, 0.25) is 0 Å². The summed E-state index contributed by atoms with van der Waals surface area (Å²) in [5, 5.41) is 4.95. The summed E-state index contributed by atoms with van der Waals surface area (Å²) in [6.45, 7) is 3.71. The van der Waals surface area contributed by atoms with Crippen molar-refractivity contribution in [2.24, 2.45) is 4.99 Å². The number of methoxy groups -OCH3 is 1. The van der Waals surface area contributed by atoms with Crippen LogP contribution in [0.4, 0.5) is 5.69 Å². The maximum atomic E-state index is 5.17. The van der Waals surface area contributed by atoms with Crippen LogP contribution in [0.3, 0.4) is 0 Å². The lowest BCUT2D eigenvalue weighted by Crippen LogP contribution is -2.08. The number of amidine groups is 1. The van der Waals surface area contributed by atoms with Crippen LogP contribution in [0, 0.1) is 0 Å². The van der Waals surface area contributed by atoms with Crippen molar-refractivity contribution in [1.82, 2.24) is 0 Å². The third-order valence-corrected chi connectivity index (χ3v) is 3.37. The summed E-state index contributed by atoms with van der Waals surface area (Å²) in [5.41, 5.74) is 2.25. The molecule has 1 heterocycles. The Labute approximate surface area is 100 Å². The van der Waals surface area contributed by atoms with Gasteiger partial charge < -0.3 is 10.1 Å². The van der Waals surface area contributed by atoms with Gasteiger partial charge in [-0.05, 0) is 6.07 Å². The highest BCUT2D eigenvalue weighted by molar-refractivity contribution is 8.15. The van der Waals surface area contributed by atoms with Crippen LogP contribution in [0.15, 0.2) is 29.3 Å². The predicted octanol–water partition coefficient (Wildman–Crippen LogP) is 2.74. The first-order chi connectivity index (χ1) is 7.79. The fourth-order valence-electron chi connectivity index (χ4n) is 1.58. The Morgan fingerprint density at radius 3 is 3.00 bits per heavy atom. The molecular formula is C12H16N2OS. The predicted molar refractivity (Wildman–Crippen MR) is 70.1 cm³/mol. The van der Waals surface area contributed by atoms with Gasteiger partial charge in [-0.25, -0.2) is 0 Å². The Balaban J connectivity index is 2.08. The number of hydrogen-bond acceptors (Lipinski definition) is 4. The van der Waals surface area contributed by atoms with Crippen molar-refractivity contribution >= 4 is 22.6 Å². The standard InChI is InChI=1S/C12H16N2OS/c1-9-7-13-12(16-9)14-11-6-4-3-5-10(11)8-15-2/h3-6,9H,7-8H2,1-2H3,(H,13,14). The van der Waals surface area contributed by atoms with Gasteiger partial charge in [-0.15, -0.1) is 0 Å². The van der Waals surface area contributed by atoms with Gasteiger partial charge in [0.05, 0.1) is 13.2 Å². The van der Waals surface area contributed by atoms with Crippen LogP contribution in [0.1, 0.15) is 12.5 Å². The summed E-state index contributed by atoms with van der Waals surface area (Å²) in [6.07, 6.45) is 0. The van der Waals surface area contributed by atoms with Gasteiger partial charge in [0.15, 0.2) is 5.17 Å². The molecule has 0 saturated heterocycles. The molecule has 1 atom stereocenters. The van der Waals surface area contributed by atoms with Gasteiger partial charge in [0.2, 0.25) is 0 Å². The van der Waals surface area contributed by atoms with Gasteiger partial charge in [0, 0.05) is 23.6 Å². The van der Waals surface area contributed by atoms with Gasteiger partial charge in [-0.3, -0.25) is 4.99 Å². The number of para-hydroxylation sites is 1. The highest BCUT2D eigenvalue weighted by atomic mass is 32.2. The van der Waals surface area contributed by atoms with Crippen LogP contribution < -0.4 is 5.32 Å². The molecule has 0 bridgehead atoms. The van der Waals surface area contributed by atoms with Crippen LogP contribution in [0.25, 0.3) is 0 Å². The maximum Gasteiger partial charge on any atom is 0.161 e. The molecule has 2 rings (SSSR count). The van der Waals surface area contributed by atoms with Gasteiger partial charge in [-0.1, -0.05) is 36.9 Å². The van der Waals surface area contributed by atoms with Crippen LogP contribution in [-0.2, 0) is 11.3 Å². The fraction of sp³-hybridized carbons (Fsp3) is 0.417. The minimum absolute atomic E-state index is 0.581. The van der Waals surface area contributed by atoms with Gasteiger partial charge in [-0.2, -0.15) is 0 Å². The average Bonchev–Trinajstić information content (AvgIpc) is 2.67. The molecule has 0 aromatic heterocycles. The normalized spacial score (nSPS) is 19.6. The van der Waals surface area contributed by atoms with Crippen molar-refractivity contribution < 1.29 is 4.74 Å². The third kappa shape index (κ3) is 2.77. The van der Waals surface area contributed by atoms with E-state index in [0.717, 1.165) is 23.0 Å². The molecule has 3 nitrogen and oxygen atoms in total. The number of aliphatic imine (C=N–C) groups is 1. The van der Waals surface area contributed by atoms with Crippen molar-refractivity contribution in [3.8, 4) is 0 Å². The average molecular weight is 236 g/mol. The Morgan fingerprint density at radius 1 is 1.50 bits per heavy atom. The third-order valence-electron chi connectivity index (χ3n) is 2.36. The van der Waals surface area contributed by atoms with E-state index >= 15 is 0 Å². The lowest BCUT2D eigenvalue weighted by molar-refractivity contribution is 0.185. The van der Waals surface area contributed by atoms with E-state index in [1.807, 2.05) is 12.1 Å². The molecule has 1 N–H and O–H groups in total. The highest BCUT2D eigenvalue weighted by Crippen LogP contribution is 2.24. The first-order valence-electron chi connectivity index (χ1n) is 5.34. The number of nitrogens with one attached hydrogen (secondary N) is 1. The molecule has 16 heavy (non-hydrogen) atoms.